The summed E-state index contributed by atoms with van der Waals surface area (Å²) < 4.78 is 10.9. The fourth-order valence-corrected chi connectivity index (χ4v) is 3.73. The summed E-state index contributed by atoms with van der Waals surface area (Å²) in [5, 5.41) is 2.74. The Morgan fingerprint density at radius 2 is 1.44 bits per heavy atom. The van der Waals surface area contributed by atoms with E-state index in [1.807, 2.05) is 84.9 Å². The van der Waals surface area contributed by atoms with Crippen molar-refractivity contribution in [1.29, 1.82) is 0 Å². The fraction of sp³-hybridized carbons (Fsp3) is 0.286. The zero-order valence-corrected chi connectivity index (χ0v) is 19.8. The van der Waals surface area contributed by atoms with Crippen LogP contribution in [0.25, 0.3) is 0 Å². The lowest BCUT2D eigenvalue weighted by Crippen LogP contribution is -2.49. The number of methoxy groups -OCH3 is 1. The summed E-state index contributed by atoms with van der Waals surface area (Å²) in [4.78, 5) is 27.9. The minimum Gasteiger partial charge on any atom is -0.497 e. The van der Waals surface area contributed by atoms with Gasteiger partial charge in [-0.3, -0.25) is 9.59 Å². The van der Waals surface area contributed by atoms with Crippen LogP contribution in [0.2, 0.25) is 0 Å². The average Bonchev–Trinajstić information content (AvgIpc) is 2.89. The van der Waals surface area contributed by atoms with Crippen LogP contribution in [0.5, 0.6) is 11.5 Å². The van der Waals surface area contributed by atoms with E-state index in [-0.39, 0.29) is 18.2 Å². The van der Waals surface area contributed by atoms with Gasteiger partial charge < -0.3 is 19.7 Å². The second kappa shape index (κ2) is 13.0. The molecule has 0 unspecified atom stereocenters. The number of rotatable bonds is 12. The molecule has 3 aromatic rings. The van der Waals surface area contributed by atoms with Crippen molar-refractivity contribution in [3.05, 3.63) is 96.1 Å². The lowest BCUT2D eigenvalue weighted by molar-refractivity contribution is -0.141. The smallest absolute Gasteiger partial charge is 0.242 e. The first-order valence-electron chi connectivity index (χ1n) is 11.5. The van der Waals surface area contributed by atoms with Crippen molar-refractivity contribution in [2.45, 2.75) is 31.8 Å². The van der Waals surface area contributed by atoms with Crippen molar-refractivity contribution in [2.24, 2.45) is 0 Å². The molecule has 6 nitrogen and oxygen atoms in total. The number of hydrogen-bond acceptors (Lipinski definition) is 4. The van der Waals surface area contributed by atoms with Crippen molar-refractivity contribution in [2.75, 3.05) is 20.8 Å². The average molecular weight is 461 g/mol. The minimum atomic E-state index is -0.609. The first-order valence-corrected chi connectivity index (χ1v) is 11.5. The van der Waals surface area contributed by atoms with E-state index in [2.05, 4.69) is 5.32 Å². The molecule has 0 aliphatic rings. The van der Waals surface area contributed by atoms with Crippen LogP contribution in [0.1, 0.15) is 24.0 Å². The van der Waals surface area contributed by atoms with Crippen LogP contribution in [0.15, 0.2) is 84.9 Å². The summed E-state index contributed by atoms with van der Waals surface area (Å²) >= 11 is 0. The quantitative estimate of drug-likeness (QED) is 0.411. The molecule has 0 aromatic heterocycles. The maximum atomic E-state index is 13.4. The predicted octanol–water partition coefficient (Wildman–Crippen LogP) is 4.24. The number of ether oxygens (including phenoxy) is 2. The van der Waals surface area contributed by atoms with E-state index in [1.165, 1.54) is 0 Å². The SMILES string of the molecule is CNC(=O)[C@H](Cc1ccccc1)N(Cc1ccccc1)C(=O)CCCOc1ccc(OC)cc1. The van der Waals surface area contributed by atoms with Crippen LogP contribution < -0.4 is 14.8 Å². The first-order chi connectivity index (χ1) is 16.6. The molecule has 3 rings (SSSR count). The van der Waals surface area contributed by atoms with Gasteiger partial charge >= 0.3 is 0 Å². The van der Waals surface area contributed by atoms with Gasteiger partial charge in [0.15, 0.2) is 0 Å². The molecule has 0 heterocycles. The second-order valence-corrected chi connectivity index (χ2v) is 7.95. The predicted molar refractivity (Wildman–Crippen MR) is 133 cm³/mol. The Hall–Kier alpha value is -3.80. The minimum absolute atomic E-state index is 0.0771. The van der Waals surface area contributed by atoms with E-state index >= 15 is 0 Å². The first kappa shape index (κ1) is 24.8. The molecule has 6 heteroatoms. The molecular formula is C28H32N2O4. The standard InChI is InChI=1S/C28H32N2O4/c1-29-28(32)26(20-22-10-5-3-6-11-22)30(21-23-12-7-4-8-13-23)27(31)14-9-19-34-25-17-15-24(33-2)16-18-25/h3-8,10-13,15-18,26H,9,14,19-21H2,1-2H3,(H,29,32)/t26-/m0/s1. The number of carbonyl (C=O) groups is 2. The summed E-state index contributed by atoms with van der Waals surface area (Å²) in [7, 11) is 3.22. The number of nitrogens with zero attached hydrogens (tertiary/aromatic N) is 1. The number of hydrogen-bond donors (Lipinski definition) is 1. The third-order valence-electron chi connectivity index (χ3n) is 5.58. The zero-order chi connectivity index (χ0) is 24.2. The van der Waals surface area contributed by atoms with Gasteiger partial charge in [-0.1, -0.05) is 60.7 Å². The highest BCUT2D eigenvalue weighted by Crippen LogP contribution is 2.19. The maximum Gasteiger partial charge on any atom is 0.242 e. The number of benzene rings is 3. The van der Waals surface area contributed by atoms with Crippen molar-refractivity contribution in [3.63, 3.8) is 0 Å². The van der Waals surface area contributed by atoms with Crippen LogP contribution >= 0.6 is 0 Å². The number of amides is 2. The second-order valence-electron chi connectivity index (χ2n) is 7.95. The highest BCUT2D eigenvalue weighted by atomic mass is 16.5. The molecule has 3 aromatic carbocycles. The van der Waals surface area contributed by atoms with Crippen molar-refractivity contribution >= 4 is 11.8 Å². The van der Waals surface area contributed by atoms with Gasteiger partial charge in [0, 0.05) is 26.4 Å². The van der Waals surface area contributed by atoms with Crippen LogP contribution in [-0.2, 0) is 22.6 Å². The van der Waals surface area contributed by atoms with Gasteiger partial charge in [0.05, 0.1) is 13.7 Å². The molecule has 0 bridgehead atoms. The van der Waals surface area contributed by atoms with Crippen LogP contribution in [0.4, 0.5) is 0 Å². The highest BCUT2D eigenvalue weighted by Gasteiger charge is 2.29. The van der Waals surface area contributed by atoms with Gasteiger partial charge in [-0.15, -0.1) is 0 Å². The molecule has 0 aliphatic carbocycles. The number of likely N-dealkylation sites (N-methyl/N-ethyl adjacent to an activating group) is 1. The Labute approximate surface area is 201 Å². The lowest BCUT2D eigenvalue weighted by Gasteiger charge is -2.31. The molecule has 1 atom stereocenters. The van der Waals surface area contributed by atoms with E-state index in [0.717, 1.165) is 22.6 Å². The van der Waals surface area contributed by atoms with Crippen molar-refractivity contribution in [1.82, 2.24) is 10.2 Å². The van der Waals surface area contributed by atoms with Crippen LogP contribution in [0, 0.1) is 0 Å². The normalized spacial score (nSPS) is 11.4. The number of nitrogens with one attached hydrogen (secondary N) is 1. The molecule has 34 heavy (non-hydrogen) atoms. The summed E-state index contributed by atoms with van der Waals surface area (Å²) in [6.45, 7) is 0.768. The van der Waals surface area contributed by atoms with Crippen molar-refractivity contribution < 1.29 is 19.1 Å². The Morgan fingerprint density at radius 1 is 0.853 bits per heavy atom. The zero-order valence-electron chi connectivity index (χ0n) is 19.8. The molecule has 0 saturated heterocycles. The molecule has 2 amide bonds. The Balaban J connectivity index is 1.69. The Bertz CT molecular complexity index is 1020. The summed E-state index contributed by atoms with van der Waals surface area (Å²) in [5.41, 5.74) is 1.98. The molecule has 0 saturated carbocycles. The summed E-state index contributed by atoms with van der Waals surface area (Å²) in [6.07, 6.45) is 1.27. The maximum absolute atomic E-state index is 13.4. The van der Waals surface area contributed by atoms with E-state index < -0.39 is 6.04 Å². The van der Waals surface area contributed by atoms with Crippen LogP contribution in [-0.4, -0.2) is 43.5 Å². The monoisotopic (exact) mass is 460 g/mol. The summed E-state index contributed by atoms with van der Waals surface area (Å²) in [5.74, 6) is 1.23. The van der Waals surface area contributed by atoms with E-state index in [9.17, 15) is 9.59 Å². The van der Waals surface area contributed by atoms with Gasteiger partial charge in [-0.2, -0.15) is 0 Å². The number of carbonyl (C=O) groups excluding carboxylic acids is 2. The van der Waals surface area contributed by atoms with E-state index in [4.69, 9.17) is 9.47 Å². The van der Waals surface area contributed by atoms with Gasteiger partial charge in [0.1, 0.15) is 17.5 Å². The van der Waals surface area contributed by atoms with E-state index in [0.29, 0.717) is 26.0 Å². The molecular weight excluding hydrogens is 428 g/mol. The van der Waals surface area contributed by atoms with Crippen LogP contribution in [0.3, 0.4) is 0 Å². The molecule has 0 spiro atoms. The summed E-state index contributed by atoms with van der Waals surface area (Å²) in [6, 6.07) is 26.3. The molecule has 0 fully saturated rings. The molecule has 1 N–H and O–H groups in total. The van der Waals surface area contributed by atoms with Gasteiger partial charge in [0.25, 0.3) is 0 Å². The van der Waals surface area contributed by atoms with Crippen molar-refractivity contribution in [3.8, 4) is 11.5 Å². The lowest BCUT2D eigenvalue weighted by atomic mass is 10.0. The third kappa shape index (κ3) is 7.37. The van der Waals surface area contributed by atoms with E-state index in [1.54, 1.807) is 19.1 Å². The molecule has 178 valence electrons. The highest BCUT2D eigenvalue weighted by molar-refractivity contribution is 5.87. The van der Waals surface area contributed by atoms with Gasteiger partial charge in [-0.25, -0.2) is 0 Å². The third-order valence-corrected chi connectivity index (χ3v) is 5.58. The van der Waals surface area contributed by atoms with Gasteiger partial charge in [0.2, 0.25) is 11.8 Å². The topological polar surface area (TPSA) is 67.9 Å². The molecule has 0 radical (unpaired) electrons. The largest absolute Gasteiger partial charge is 0.497 e. The van der Waals surface area contributed by atoms with Gasteiger partial charge in [-0.05, 0) is 41.8 Å². The Morgan fingerprint density at radius 3 is 2.03 bits per heavy atom. The Kier molecular flexibility index (Phi) is 9.52. The molecule has 0 aliphatic heterocycles. The fourth-order valence-electron chi connectivity index (χ4n) is 3.73.